The Kier molecular flexibility index (Phi) is 6.54. The molecule has 0 aromatic carbocycles. The molecule has 152 valence electrons. The normalized spacial score (nSPS) is 16.7. The van der Waals surface area contributed by atoms with Crippen molar-refractivity contribution in [1.82, 2.24) is 14.9 Å². The topological polar surface area (TPSA) is 58.1 Å². The largest absolute Gasteiger partial charge is 0.367 e. The molecule has 2 rings (SSSR count). The van der Waals surface area contributed by atoms with Crippen LogP contribution in [0.5, 0.6) is 0 Å². The van der Waals surface area contributed by atoms with Gasteiger partial charge >= 0.3 is 0 Å². The molecule has 1 N–H and O–H groups in total. The van der Waals surface area contributed by atoms with Crippen LogP contribution in [0.15, 0.2) is 6.07 Å². The summed E-state index contributed by atoms with van der Waals surface area (Å²) in [6.45, 7) is 18.9. The summed E-state index contributed by atoms with van der Waals surface area (Å²) in [7, 11) is 0. The van der Waals surface area contributed by atoms with Gasteiger partial charge in [-0.15, -0.1) is 0 Å². The zero-order valence-electron chi connectivity index (χ0n) is 18.5. The van der Waals surface area contributed by atoms with Crippen LogP contribution in [0.3, 0.4) is 0 Å². The van der Waals surface area contributed by atoms with Crippen LogP contribution >= 0.6 is 0 Å². The predicted octanol–water partition coefficient (Wildman–Crippen LogP) is 4.52. The molecule has 0 radical (unpaired) electrons. The highest BCUT2D eigenvalue weighted by Crippen LogP contribution is 2.27. The van der Waals surface area contributed by atoms with Crippen LogP contribution in [0.2, 0.25) is 0 Å². The first-order chi connectivity index (χ1) is 12.4. The van der Waals surface area contributed by atoms with Gasteiger partial charge in [0.15, 0.2) is 0 Å². The quantitative estimate of drug-likeness (QED) is 0.842. The molecule has 0 saturated carbocycles. The lowest BCUT2D eigenvalue weighted by molar-refractivity contribution is -0.132. The third-order valence-electron chi connectivity index (χ3n) is 4.95. The van der Waals surface area contributed by atoms with E-state index in [1.165, 1.54) is 0 Å². The number of piperidine rings is 1. The molecule has 1 saturated heterocycles. The Bertz CT molecular complexity index is 615. The summed E-state index contributed by atoms with van der Waals surface area (Å²) in [6.07, 6.45) is 2.57. The maximum absolute atomic E-state index is 12.3. The minimum atomic E-state index is -0.0929. The number of hydrogen-bond acceptors (Lipinski definition) is 4. The number of carbonyl (C=O) groups is 1. The van der Waals surface area contributed by atoms with Crippen molar-refractivity contribution in [3.63, 3.8) is 0 Å². The second-order valence-corrected chi connectivity index (χ2v) is 10.4. The van der Waals surface area contributed by atoms with Crippen molar-refractivity contribution in [2.24, 2.45) is 5.92 Å². The van der Waals surface area contributed by atoms with E-state index < -0.39 is 0 Å². The van der Waals surface area contributed by atoms with E-state index in [4.69, 9.17) is 9.97 Å². The molecule has 27 heavy (non-hydrogen) atoms. The molecule has 2 heterocycles. The Morgan fingerprint density at radius 3 is 2.19 bits per heavy atom. The summed E-state index contributed by atoms with van der Waals surface area (Å²) in [5, 5.41) is 3.62. The summed E-state index contributed by atoms with van der Waals surface area (Å²) in [5.41, 5.74) is 0.950. The average Bonchev–Trinajstić information content (AvgIpc) is 2.53. The van der Waals surface area contributed by atoms with E-state index in [1.807, 2.05) is 4.90 Å². The van der Waals surface area contributed by atoms with Crippen molar-refractivity contribution < 1.29 is 4.79 Å². The lowest BCUT2D eigenvalue weighted by Crippen LogP contribution is -2.42. The molecule has 1 aromatic rings. The maximum atomic E-state index is 12.3. The van der Waals surface area contributed by atoms with Crippen molar-refractivity contribution in [2.75, 3.05) is 18.4 Å². The molecule has 1 fully saturated rings. The van der Waals surface area contributed by atoms with Crippen LogP contribution in [0.25, 0.3) is 0 Å². The molecule has 0 bridgehead atoms. The summed E-state index contributed by atoms with van der Waals surface area (Å²) < 4.78 is 0. The van der Waals surface area contributed by atoms with E-state index in [0.717, 1.165) is 43.3 Å². The molecule has 0 aliphatic carbocycles. The fraction of sp³-hybridized carbons (Fsp3) is 0.773. The lowest BCUT2D eigenvalue weighted by atomic mass is 9.90. The predicted molar refractivity (Wildman–Crippen MR) is 112 cm³/mol. The highest BCUT2D eigenvalue weighted by Gasteiger charge is 2.26. The average molecular weight is 375 g/mol. The Morgan fingerprint density at radius 1 is 1.11 bits per heavy atom. The molecule has 1 aliphatic heterocycles. The zero-order chi connectivity index (χ0) is 20.4. The van der Waals surface area contributed by atoms with Gasteiger partial charge in [-0.1, -0.05) is 55.4 Å². The van der Waals surface area contributed by atoms with Gasteiger partial charge in [0.05, 0.1) is 5.69 Å². The van der Waals surface area contributed by atoms with E-state index in [2.05, 4.69) is 66.8 Å². The van der Waals surface area contributed by atoms with Gasteiger partial charge in [-0.05, 0) is 18.8 Å². The van der Waals surface area contributed by atoms with Crippen LogP contribution in [0.1, 0.15) is 86.2 Å². The summed E-state index contributed by atoms with van der Waals surface area (Å²) in [4.78, 5) is 23.9. The molecule has 0 atom stereocenters. The highest BCUT2D eigenvalue weighted by atomic mass is 16.2. The second kappa shape index (κ2) is 8.15. The van der Waals surface area contributed by atoms with E-state index in [-0.39, 0.29) is 16.7 Å². The number of nitrogens with one attached hydrogen (secondary N) is 1. The molecule has 1 aliphatic rings. The molecule has 0 spiro atoms. The smallest absolute Gasteiger partial charge is 0.222 e. The molecular weight excluding hydrogens is 336 g/mol. The third kappa shape index (κ3) is 6.18. The van der Waals surface area contributed by atoms with Gasteiger partial charge in [-0.2, -0.15) is 0 Å². The Morgan fingerprint density at radius 2 is 1.70 bits per heavy atom. The van der Waals surface area contributed by atoms with Crippen LogP contribution < -0.4 is 5.32 Å². The number of carbonyl (C=O) groups excluding carboxylic acids is 1. The minimum absolute atomic E-state index is 0.0218. The van der Waals surface area contributed by atoms with Gasteiger partial charge in [-0.3, -0.25) is 4.79 Å². The number of nitrogens with zero attached hydrogens (tertiary/aromatic N) is 3. The van der Waals surface area contributed by atoms with Crippen molar-refractivity contribution in [3.8, 4) is 0 Å². The third-order valence-corrected chi connectivity index (χ3v) is 4.95. The van der Waals surface area contributed by atoms with Crippen molar-refractivity contribution in [3.05, 3.63) is 17.6 Å². The van der Waals surface area contributed by atoms with E-state index >= 15 is 0 Å². The molecule has 1 amide bonds. The maximum Gasteiger partial charge on any atom is 0.222 e. The number of amides is 1. The zero-order valence-corrected chi connectivity index (χ0v) is 18.5. The SMILES string of the molecule is CC(C)CC(=O)N1CCC(Nc2cc(C(C)(C)C)nc(C(C)(C)C)n2)CC1. The first-order valence-corrected chi connectivity index (χ1v) is 10.3. The number of anilines is 1. The fourth-order valence-electron chi connectivity index (χ4n) is 3.20. The van der Waals surface area contributed by atoms with E-state index in [9.17, 15) is 4.79 Å². The first kappa shape index (κ1) is 21.6. The van der Waals surface area contributed by atoms with Gasteiger partial charge < -0.3 is 10.2 Å². The van der Waals surface area contributed by atoms with E-state index in [1.54, 1.807) is 0 Å². The van der Waals surface area contributed by atoms with E-state index in [0.29, 0.717) is 18.4 Å². The standard InChI is InChI=1S/C22H38N4O/c1-15(2)13-19(27)26-11-9-16(10-12-26)23-18-14-17(21(3,4)5)24-20(25-18)22(6,7)8/h14-16H,9-13H2,1-8H3,(H,23,24,25). The Balaban J connectivity index is 2.08. The number of likely N-dealkylation sites (tertiary alicyclic amines) is 1. The van der Waals surface area contributed by atoms with Crippen molar-refractivity contribution >= 4 is 11.7 Å². The minimum Gasteiger partial charge on any atom is -0.367 e. The number of hydrogen-bond donors (Lipinski definition) is 1. The summed E-state index contributed by atoms with van der Waals surface area (Å²) in [6, 6.07) is 2.44. The number of rotatable bonds is 4. The highest BCUT2D eigenvalue weighted by molar-refractivity contribution is 5.76. The van der Waals surface area contributed by atoms with Crippen LogP contribution in [-0.4, -0.2) is 39.9 Å². The summed E-state index contributed by atoms with van der Waals surface area (Å²) in [5.74, 6) is 2.49. The molecule has 1 aromatic heterocycles. The Hall–Kier alpha value is -1.65. The summed E-state index contributed by atoms with van der Waals surface area (Å²) >= 11 is 0. The fourth-order valence-corrected chi connectivity index (χ4v) is 3.20. The van der Waals surface area contributed by atoms with Crippen LogP contribution in [0, 0.1) is 5.92 Å². The van der Waals surface area contributed by atoms with Crippen LogP contribution in [-0.2, 0) is 15.6 Å². The molecular formula is C22H38N4O. The molecule has 0 unspecified atom stereocenters. The van der Waals surface area contributed by atoms with Crippen LogP contribution in [0.4, 0.5) is 5.82 Å². The van der Waals surface area contributed by atoms with Gasteiger partial charge in [0.2, 0.25) is 5.91 Å². The number of aromatic nitrogens is 2. The van der Waals surface area contributed by atoms with Crippen molar-refractivity contribution in [2.45, 2.75) is 91.5 Å². The van der Waals surface area contributed by atoms with Gasteiger partial charge in [0.1, 0.15) is 11.6 Å². The monoisotopic (exact) mass is 374 g/mol. The Labute approximate surface area is 165 Å². The second-order valence-electron chi connectivity index (χ2n) is 10.4. The molecule has 5 heteroatoms. The van der Waals surface area contributed by atoms with Gasteiger partial charge in [-0.25, -0.2) is 9.97 Å². The van der Waals surface area contributed by atoms with Crippen molar-refractivity contribution in [1.29, 1.82) is 0 Å². The first-order valence-electron chi connectivity index (χ1n) is 10.3. The van der Waals surface area contributed by atoms with Gasteiger partial charge in [0.25, 0.3) is 0 Å². The molecule has 5 nitrogen and oxygen atoms in total. The van der Waals surface area contributed by atoms with Gasteiger partial charge in [0, 0.05) is 42.4 Å². The lowest BCUT2D eigenvalue weighted by Gasteiger charge is -2.33.